The zero-order valence-corrected chi connectivity index (χ0v) is 23.8. The average molecular weight is 570 g/mol. The summed E-state index contributed by atoms with van der Waals surface area (Å²) >= 11 is 0. The van der Waals surface area contributed by atoms with Crippen LogP contribution < -0.4 is 9.64 Å². The molecule has 218 valence electrons. The van der Waals surface area contributed by atoms with Gasteiger partial charge in [0.1, 0.15) is 12.3 Å². The Balaban J connectivity index is 1.70. The van der Waals surface area contributed by atoms with Gasteiger partial charge in [-0.1, -0.05) is 61.9 Å². The molecule has 0 radical (unpaired) electrons. The molecule has 42 heavy (non-hydrogen) atoms. The highest BCUT2D eigenvalue weighted by atomic mass is 16.5. The van der Waals surface area contributed by atoms with E-state index in [9.17, 15) is 24.6 Å². The molecule has 8 heteroatoms. The Morgan fingerprint density at radius 1 is 0.976 bits per heavy atom. The predicted molar refractivity (Wildman–Crippen MR) is 158 cm³/mol. The van der Waals surface area contributed by atoms with Crippen LogP contribution in [0.4, 0.5) is 5.69 Å². The molecule has 3 unspecified atom stereocenters. The first-order valence-electron chi connectivity index (χ1n) is 14.3. The van der Waals surface area contributed by atoms with E-state index in [2.05, 4.69) is 18.2 Å². The first-order chi connectivity index (χ1) is 20.3. The second kappa shape index (κ2) is 12.1. The molecule has 1 aliphatic heterocycles. The van der Waals surface area contributed by atoms with Gasteiger partial charge in [-0.3, -0.25) is 4.79 Å². The van der Waals surface area contributed by atoms with E-state index in [0.29, 0.717) is 35.8 Å². The number of aromatic carboxylic acids is 1. The largest absolute Gasteiger partial charge is 0.480 e. The van der Waals surface area contributed by atoms with Gasteiger partial charge in [0.25, 0.3) is 0 Å². The molecule has 1 aliphatic carbocycles. The molecule has 0 saturated carbocycles. The van der Waals surface area contributed by atoms with Crippen molar-refractivity contribution in [2.24, 2.45) is 0 Å². The molecule has 2 aliphatic rings. The summed E-state index contributed by atoms with van der Waals surface area (Å²) in [6, 6.07) is 21.6. The van der Waals surface area contributed by atoms with E-state index in [1.54, 1.807) is 47.4 Å². The van der Waals surface area contributed by atoms with Crippen LogP contribution in [0, 0.1) is 0 Å². The van der Waals surface area contributed by atoms with Crippen LogP contribution in [0.2, 0.25) is 0 Å². The van der Waals surface area contributed by atoms with Crippen molar-refractivity contribution in [2.45, 2.75) is 56.6 Å². The predicted octanol–water partition coefficient (Wildman–Crippen LogP) is 6.41. The number of aliphatic carboxylic acids is 1. The summed E-state index contributed by atoms with van der Waals surface area (Å²) < 4.78 is 12.0. The van der Waals surface area contributed by atoms with Crippen LogP contribution in [0.1, 0.15) is 76.8 Å². The van der Waals surface area contributed by atoms with Gasteiger partial charge in [-0.05, 0) is 73.1 Å². The van der Waals surface area contributed by atoms with E-state index in [0.717, 1.165) is 30.4 Å². The van der Waals surface area contributed by atoms with Crippen molar-refractivity contribution in [2.75, 3.05) is 18.6 Å². The molecule has 5 rings (SSSR count). The lowest BCUT2D eigenvalue weighted by Crippen LogP contribution is -2.51. The number of methoxy groups -OCH3 is 1. The van der Waals surface area contributed by atoms with Crippen LogP contribution in [0.15, 0.2) is 84.4 Å². The Hall–Kier alpha value is -4.59. The SMILES string of the molecule is CCCC1N(CC(=O)O)c2cc(C(=O)O)ccc2C1(Oc1cccc(C(=O)OC)c1)C1=CCC(c2ccccc2)CC1. The van der Waals surface area contributed by atoms with E-state index >= 15 is 0 Å². The van der Waals surface area contributed by atoms with Crippen molar-refractivity contribution >= 4 is 23.6 Å². The maximum absolute atomic E-state index is 12.4. The summed E-state index contributed by atoms with van der Waals surface area (Å²) in [6.45, 7) is 1.72. The molecular weight excluding hydrogens is 534 g/mol. The molecule has 0 spiro atoms. The Kier molecular flexibility index (Phi) is 8.34. The third-order valence-corrected chi connectivity index (χ3v) is 8.36. The third kappa shape index (κ3) is 5.36. The molecule has 0 amide bonds. The smallest absolute Gasteiger partial charge is 0.337 e. The van der Waals surface area contributed by atoms with Gasteiger partial charge in [0, 0.05) is 11.3 Å². The number of rotatable bonds is 10. The summed E-state index contributed by atoms with van der Waals surface area (Å²) in [7, 11) is 1.32. The number of ether oxygens (including phenoxy) is 2. The fourth-order valence-corrected chi connectivity index (χ4v) is 6.52. The fourth-order valence-electron chi connectivity index (χ4n) is 6.52. The summed E-state index contributed by atoms with van der Waals surface area (Å²) in [5.41, 5.74) is 2.85. The van der Waals surface area contributed by atoms with Crippen molar-refractivity contribution in [1.82, 2.24) is 0 Å². The standard InChI is InChI=1S/C34H35NO7/c1-3-8-30-34(42-27-12-7-11-25(19-27)33(40)41-2,26-16-13-23(14-17-26)22-9-5-4-6-10-22)28-18-15-24(32(38)39)20-29(28)35(30)21-31(36)37/h4-7,9-12,15-16,18-20,23,30H,3,8,13-14,17,21H2,1-2H3,(H,36,37)(H,38,39). The average Bonchev–Trinajstić information content (AvgIpc) is 3.25. The number of hydrogen-bond donors (Lipinski definition) is 2. The number of carboxylic acid groups (broad SMARTS) is 2. The zero-order valence-electron chi connectivity index (χ0n) is 23.8. The number of carbonyl (C=O) groups excluding carboxylic acids is 1. The zero-order chi connectivity index (χ0) is 29.9. The van der Waals surface area contributed by atoms with Crippen LogP contribution in [0.3, 0.4) is 0 Å². The highest BCUT2D eigenvalue weighted by Crippen LogP contribution is 2.55. The fraction of sp³-hybridized carbons (Fsp3) is 0.324. The van der Waals surface area contributed by atoms with Gasteiger partial charge in [0.2, 0.25) is 0 Å². The molecule has 3 aromatic rings. The number of esters is 1. The van der Waals surface area contributed by atoms with Gasteiger partial charge in [0.15, 0.2) is 5.60 Å². The summed E-state index contributed by atoms with van der Waals surface area (Å²) in [6.07, 6.45) is 5.93. The topological polar surface area (TPSA) is 113 Å². The molecule has 2 N–H and O–H groups in total. The second-order valence-corrected chi connectivity index (χ2v) is 10.8. The maximum atomic E-state index is 12.4. The minimum atomic E-state index is -1.10. The molecule has 0 fully saturated rings. The molecule has 1 heterocycles. The van der Waals surface area contributed by atoms with E-state index in [-0.39, 0.29) is 12.1 Å². The summed E-state index contributed by atoms with van der Waals surface area (Å²) in [5.74, 6) is -1.83. The van der Waals surface area contributed by atoms with Crippen molar-refractivity contribution in [1.29, 1.82) is 0 Å². The number of nitrogens with zero attached hydrogens (tertiary/aromatic N) is 1. The molecular formula is C34H35NO7. The number of allylic oxidation sites excluding steroid dienone is 1. The van der Waals surface area contributed by atoms with Crippen molar-refractivity contribution in [3.63, 3.8) is 0 Å². The van der Waals surface area contributed by atoms with Gasteiger partial charge in [0.05, 0.1) is 24.3 Å². The van der Waals surface area contributed by atoms with Crippen molar-refractivity contribution in [3.05, 3.63) is 107 Å². The quantitative estimate of drug-likeness (QED) is 0.213. The minimum absolute atomic E-state index is 0.0737. The van der Waals surface area contributed by atoms with Crippen LogP contribution in [0.5, 0.6) is 5.75 Å². The van der Waals surface area contributed by atoms with Crippen molar-refractivity contribution < 1.29 is 34.1 Å². The summed E-state index contributed by atoms with van der Waals surface area (Å²) in [4.78, 5) is 38.3. The highest BCUT2D eigenvalue weighted by molar-refractivity contribution is 5.91. The van der Waals surface area contributed by atoms with Crippen LogP contribution in [-0.4, -0.2) is 47.8 Å². The van der Waals surface area contributed by atoms with Crippen molar-refractivity contribution in [3.8, 4) is 5.75 Å². The lowest BCUT2D eigenvalue weighted by molar-refractivity contribution is -0.135. The first kappa shape index (κ1) is 28.9. The van der Waals surface area contributed by atoms with Gasteiger partial charge >= 0.3 is 17.9 Å². The van der Waals surface area contributed by atoms with Crippen LogP contribution in [-0.2, 0) is 15.1 Å². The number of carbonyl (C=O) groups is 3. The lowest BCUT2D eigenvalue weighted by Gasteiger charge is -2.43. The Morgan fingerprint density at radius 3 is 2.40 bits per heavy atom. The van der Waals surface area contributed by atoms with E-state index in [4.69, 9.17) is 9.47 Å². The second-order valence-electron chi connectivity index (χ2n) is 10.8. The molecule has 0 bridgehead atoms. The highest BCUT2D eigenvalue weighted by Gasteiger charge is 2.56. The molecule has 0 aromatic heterocycles. The van der Waals surface area contributed by atoms with Gasteiger partial charge < -0.3 is 24.6 Å². The molecule has 3 aromatic carbocycles. The van der Waals surface area contributed by atoms with Crippen LogP contribution in [0.25, 0.3) is 0 Å². The summed E-state index contributed by atoms with van der Waals surface area (Å²) in [5, 5.41) is 19.7. The minimum Gasteiger partial charge on any atom is -0.480 e. The molecule has 8 nitrogen and oxygen atoms in total. The number of carboxylic acids is 2. The molecule has 0 saturated heterocycles. The Bertz CT molecular complexity index is 1520. The molecule has 3 atom stereocenters. The van der Waals surface area contributed by atoms with Gasteiger partial charge in [-0.25, -0.2) is 9.59 Å². The maximum Gasteiger partial charge on any atom is 0.337 e. The first-order valence-corrected chi connectivity index (χ1v) is 14.3. The number of anilines is 1. The Labute approximate surface area is 245 Å². The van der Waals surface area contributed by atoms with Gasteiger partial charge in [-0.15, -0.1) is 0 Å². The van der Waals surface area contributed by atoms with E-state index in [1.807, 2.05) is 25.1 Å². The monoisotopic (exact) mass is 569 g/mol. The lowest BCUT2D eigenvalue weighted by atomic mass is 9.73. The Morgan fingerprint density at radius 2 is 1.76 bits per heavy atom. The number of hydrogen-bond acceptors (Lipinski definition) is 6. The van der Waals surface area contributed by atoms with Crippen LogP contribution >= 0.6 is 0 Å². The van der Waals surface area contributed by atoms with E-state index < -0.39 is 29.6 Å². The van der Waals surface area contributed by atoms with E-state index in [1.165, 1.54) is 12.7 Å². The number of fused-ring (bicyclic) bond motifs is 1. The number of benzene rings is 3. The van der Waals surface area contributed by atoms with Gasteiger partial charge in [-0.2, -0.15) is 0 Å². The third-order valence-electron chi connectivity index (χ3n) is 8.36. The normalized spacial score (nSPS) is 21.3.